The lowest BCUT2D eigenvalue weighted by Gasteiger charge is -2.25. The fourth-order valence-electron chi connectivity index (χ4n) is 3.19. The summed E-state index contributed by atoms with van der Waals surface area (Å²) in [6.07, 6.45) is 11.1. The number of carbonyl (C=O) groups is 2. The number of amides is 2. The monoisotopic (exact) mass is 395 g/mol. The molecule has 0 saturated heterocycles. The Morgan fingerprint density at radius 2 is 2.25 bits per heavy atom. The summed E-state index contributed by atoms with van der Waals surface area (Å²) in [5.41, 5.74) is 2.92. The lowest BCUT2D eigenvalue weighted by molar-refractivity contribution is -0.125. The number of pyridine rings is 1. The van der Waals surface area contributed by atoms with Crippen molar-refractivity contribution < 1.29 is 9.59 Å². The second-order valence-electron chi connectivity index (χ2n) is 6.72. The zero-order valence-electron chi connectivity index (χ0n) is 15.4. The lowest BCUT2D eigenvalue weighted by Crippen LogP contribution is -2.33. The van der Waals surface area contributed by atoms with Gasteiger partial charge in [-0.3, -0.25) is 9.59 Å². The molecule has 0 unspecified atom stereocenters. The van der Waals surface area contributed by atoms with Crippen molar-refractivity contribution in [3.63, 3.8) is 0 Å². The van der Waals surface area contributed by atoms with Gasteiger partial charge in [0.2, 0.25) is 11.8 Å². The number of anilines is 2. The highest BCUT2D eigenvalue weighted by atomic mass is 32.1. The van der Waals surface area contributed by atoms with Crippen LogP contribution in [-0.2, 0) is 16.0 Å². The Kier molecular flexibility index (Phi) is 5.48. The summed E-state index contributed by atoms with van der Waals surface area (Å²) in [5, 5.41) is 9.05. The van der Waals surface area contributed by atoms with E-state index in [4.69, 9.17) is 0 Å². The van der Waals surface area contributed by atoms with Crippen molar-refractivity contribution in [2.45, 2.75) is 19.3 Å². The molecule has 0 spiro atoms. The Labute approximate surface area is 167 Å². The Bertz CT molecular complexity index is 936. The Morgan fingerprint density at radius 3 is 3.04 bits per heavy atom. The zero-order valence-corrected chi connectivity index (χ0v) is 16.2. The first-order chi connectivity index (χ1) is 13.7. The van der Waals surface area contributed by atoms with Gasteiger partial charge in [-0.25, -0.2) is 9.97 Å². The van der Waals surface area contributed by atoms with Gasteiger partial charge in [-0.15, -0.1) is 11.3 Å². The first-order valence-corrected chi connectivity index (χ1v) is 10.1. The highest BCUT2D eigenvalue weighted by molar-refractivity contribution is 7.09. The van der Waals surface area contributed by atoms with Crippen LogP contribution in [0, 0.1) is 0 Å². The summed E-state index contributed by atoms with van der Waals surface area (Å²) in [6, 6.07) is 1.89. The fraction of sp³-hybridized carbons (Fsp3) is 0.300. The first-order valence-electron chi connectivity index (χ1n) is 9.24. The number of nitrogens with zero attached hydrogens (tertiary/aromatic N) is 3. The van der Waals surface area contributed by atoms with Gasteiger partial charge in [-0.2, -0.15) is 0 Å². The SMILES string of the molecule is O=C1CCNc2cc(C=CC(=O)N3CC=C(Cc4nccs4)CC3)cnc2N1. The molecule has 2 aromatic rings. The van der Waals surface area contributed by atoms with Crippen LogP contribution in [-0.4, -0.2) is 46.3 Å². The molecule has 2 aliphatic rings. The van der Waals surface area contributed by atoms with Crippen molar-refractivity contribution >= 4 is 40.7 Å². The average Bonchev–Trinajstić information content (AvgIpc) is 3.14. The Morgan fingerprint density at radius 1 is 1.32 bits per heavy atom. The molecule has 0 atom stereocenters. The van der Waals surface area contributed by atoms with Crippen molar-refractivity contribution in [2.75, 3.05) is 30.3 Å². The van der Waals surface area contributed by atoms with E-state index >= 15 is 0 Å². The second-order valence-corrected chi connectivity index (χ2v) is 7.70. The van der Waals surface area contributed by atoms with Crippen molar-refractivity contribution in [1.82, 2.24) is 14.9 Å². The van der Waals surface area contributed by atoms with Gasteiger partial charge in [-0.1, -0.05) is 11.6 Å². The maximum absolute atomic E-state index is 12.5. The van der Waals surface area contributed by atoms with Crippen molar-refractivity contribution in [3.05, 3.63) is 52.1 Å². The number of hydrogen-bond donors (Lipinski definition) is 2. The summed E-state index contributed by atoms with van der Waals surface area (Å²) < 4.78 is 0. The van der Waals surface area contributed by atoms with Crippen LogP contribution >= 0.6 is 11.3 Å². The van der Waals surface area contributed by atoms with Gasteiger partial charge in [0.05, 0.1) is 10.7 Å². The third kappa shape index (κ3) is 4.45. The molecule has 0 bridgehead atoms. The van der Waals surface area contributed by atoms with Crippen molar-refractivity contribution in [1.29, 1.82) is 0 Å². The van der Waals surface area contributed by atoms with Crippen LogP contribution in [0.25, 0.3) is 6.08 Å². The number of rotatable bonds is 4. The van der Waals surface area contributed by atoms with Gasteiger partial charge in [-0.05, 0) is 24.1 Å². The largest absolute Gasteiger partial charge is 0.382 e. The van der Waals surface area contributed by atoms with Gasteiger partial charge < -0.3 is 15.5 Å². The van der Waals surface area contributed by atoms with E-state index in [1.807, 2.05) is 22.5 Å². The molecular weight excluding hydrogens is 374 g/mol. The van der Waals surface area contributed by atoms with E-state index in [0.29, 0.717) is 25.3 Å². The van der Waals surface area contributed by atoms with Gasteiger partial charge in [0.25, 0.3) is 0 Å². The molecule has 0 aliphatic carbocycles. The van der Waals surface area contributed by atoms with Crippen LogP contribution in [0.2, 0.25) is 0 Å². The van der Waals surface area contributed by atoms with E-state index < -0.39 is 0 Å². The minimum absolute atomic E-state index is 0.0132. The van der Waals surface area contributed by atoms with E-state index in [2.05, 4.69) is 26.7 Å². The molecule has 2 N–H and O–H groups in total. The van der Waals surface area contributed by atoms with Gasteiger partial charge in [0.15, 0.2) is 5.82 Å². The minimum Gasteiger partial charge on any atom is -0.382 e. The van der Waals surface area contributed by atoms with Gasteiger partial charge in [0.1, 0.15) is 0 Å². The molecule has 7 nitrogen and oxygen atoms in total. The third-order valence-corrected chi connectivity index (χ3v) is 5.51. The Hall–Kier alpha value is -3.00. The van der Waals surface area contributed by atoms with Crippen LogP contribution in [0.1, 0.15) is 23.4 Å². The maximum Gasteiger partial charge on any atom is 0.246 e. The lowest BCUT2D eigenvalue weighted by atomic mass is 10.1. The van der Waals surface area contributed by atoms with Crippen LogP contribution in [0.4, 0.5) is 11.5 Å². The molecule has 0 saturated carbocycles. The van der Waals surface area contributed by atoms with Crippen LogP contribution in [0.5, 0.6) is 0 Å². The van der Waals surface area contributed by atoms with E-state index in [0.717, 1.165) is 35.6 Å². The number of hydrogen-bond acceptors (Lipinski definition) is 6. The highest BCUT2D eigenvalue weighted by Gasteiger charge is 2.16. The molecule has 2 aromatic heterocycles. The molecule has 0 aromatic carbocycles. The number of fused-ring (bicyclic) bond motifs is 1. The molecular formula is C20H21N5O2S. The Balaban J connectivity index is 1.36. The number of carbonyl (C=O) groups excluding carboxylic acids is 2. The topological polar surface area (TPSA) is 87.2 Å². The third-order valence-electron chi connectivity index (χ3n) is 4.73. The molecule has 4 rings (SSSR count). The smallest absolute Gasteiger partial charge is 0.246 e. The molecule has 2 amide bonds. The molecule has 0 radical (unpaired) electrons. The quantitative estimate of drug-likeness (QED) is 0.614. The first kappa shape index (κ1) is 18.4. The molecule has 0 fully saturated rings. The predicted octanol–water partition coefficient (Wildman–Crippen LogP) is 2.71. The summed E-state index contributed by atoms with van der Waals surface area (Å²) in [6.45, 7) is 1.91. The summed E-state index contributed by atoms with van der Waals surface area (Å²) in [7, 11) is 0. The highest BCUT2D eigenvalue weighted by Crippen LogP contribution is 2.23. The number of nitrogens with one attached hydrogen (secondary N) is 2. The molecule has 8 heteroatoms. The zero-order chi connectivity index (χ0) is 19.3. The normalized spacial score (nSPS) is 16.8. The van der Waals surface area contributed by atoms with Gasteiger partial charge in [0, 0.05) is 56.3 Å². The number of aromatic nitrogens is 2. The fourth-order valence-corrected chi connectivity index (χ4v) is 3.86. The van der Waals surface area contributed by atoms with Crippen molar-refractivity contribution in [3.8, 4) is 0 Å². The minimum atomic E-state index is -0.0513. The molecule has 2 aliphatic heterocycles. The van der Waals surface area contributed by atoms with E-state index in [1.54, 1.807) is 29.7 Å². The number of thiazole rings is 1. The van der Waals surface area contributed by atoms with Gasteiger partial charge >= 0.3 is 0 Å². The standard InChI is InChI=1S/C20H21N5O2S/c26-17-3-6-21-16-11-15(13-23-20(16)24-17)1-2-19(27)25-8-4-14(5-9-25)12-18-22-7-10-28-18/h1-2,4,7,10-11,13,21H,3,5-6,8-9,12H2,(H,23,24,26). The van der Waals surface area contributed by atoms with Crippen LogP contribution in [0.15, 0.2) is 41.6 Å². The molecule has 144 valence electrons. The van der Waals surface area contributed by atoms with Crippen molar-refractivity contribution in [2.24, 2.45) is 0 Å². The van der Waals surface area contributed by atoms with E-state index in [1.165, 1.54) is 5.57 Å². The van der Waals surface area contributed by atoms with E-state index in [-0.39, 0.29) is 11.8 Å². The second kappa shape index (κ2) is 8.35. The van der Waals surface area contributed by atoms with Crippen LogP contribution < -0.4 is 10.6 Å². The summed E-state index contributed by atoms with van der Waals surface area (Å²) in [5.74, 6) is 0.463. The predicted molar refractivity (Wildman–Crippen MR) is 110 cm³/mol. The average molecular weight is 395 g/mol. The summed E-state index contributed by atoms with van der Waals surface area (Å²) >= 11 is 1.66. The van der Waals surface area contributed by atoms with E-state index in [9.17, 15) is 9.59 Å². The molecule has 28 heavy (non-hydrogen) atoms. The maximum atomic E-state index is 12.5. The van der Waals surface area contributed by atoms with Crippen LogP contribution in [0.3, 0.4) is 0 Å². The summed E-state index contributed by atoms with van der Waals surface area (Å²) in [4.78, 5) is 34.5. The molecule has 4 heterocycles.